The maximum absolute atomic E-state index is 5.44. The van der Waals surface area contributed by atoms with Crippen LogP contribution in [0.2, 0.25) is 0 Å². The van der Waals surface area contributed by atoms with Gasteiger partial charge >= 0.3 is 0 Å². The van der Waals surface area contributed by atoms with Gasteiger partial charge in [0.15, 0.2) is 0 Å². The van der Waals surface area contributed by atoms with Gasteiger partial charge in [-0.25, -0.2) is 0 Å². The Kier molecular flexibility index (Phi) is 0.866. The molecule has 2 heteroatoms. The van der Waals surface area contributed by atoms with E-state index in [1.165, 1.54) is 19.5 Å². The third-order valence-electron chi connectivity index (χ3n) is 2.31. The topological polar surface area (TPSA) is 29.3 Å². The second-order valence-corrected chi connectivity index (χ2v) is 2.97. The number of nitrogens with two attached hydrogens (primary N) is 1. The number of fused-ring (bicyclic) bond motifs is 1. The molecule has 2 N–H and O–H groups in total. The van der Waals surface area contributed by atoms with Crippen molar-refractivity contribution in [2.75, 3.05) is 19.8 Å². The van der Waals surface area contributed by atoms with Gasteiger partial charge in [-0.3, -0.25) is 4.90 Å². The first-order valence-corrected chi connectivity index (χ1v) is 3.32. The molecule has 2 aliphatic rings. The predicted molar refractivity (Wildman–Crippen MR) is 32.2 cm³/mol. The zero-order chi connectivity index (χ0) is 5.56. The van der Waals surface area contributed by atoms with Crippen molar-refractivity contribution in [1.29, 1.82) is 0 Å². The fourth-order valence-corrected chi connectivity index (χ4v) is 1.64. The molecule has 1 aliphatic heterocycles. The summed E-state index contributed by atoms with van der Waals surface area (Å²) in [5.74, 6) is 2.08. The normalized spacial score (nSPS) is 44.6. The molecule has 1 heterocycles. The van der Waals surface area contributed by atoms with Crippen molar-refractivity contribution < 1.29 is 0 Å². The minimum atomic E-state index is 0.771. The molecule has 0 aromatic carbocycles. The Morgan fingerprint density at radius 1 is 1.38 bits per heavy atom. The van der Waals surface area contributed by atoms with Crippen LogP contribution in [0.15, 0.2) is 0 Å². The van der Waals surface area contributed by atoms with Gasteiger partial charge in [0.1, 0.15) is 0 Å². The molecule has 1 aliphatic carbocycles. The molecule has 2 fully saturated rings. The maximum Gasteiger partial charge on any atom is 0.0455 e. The van der Waals surface area contributed by atoms with Crippen LogP contribution in [0.3, 0.4) is 0 Å². The van der Waals surface area contributed by atoms with Crippen molar-refractivity contribution in [3.63, 3.8) is 0 Å². The Morgan fingerprint density at radius 3 is 2.38 bits per heavy atom. The zero-order valence-corrected chi connectivity index (χ0v) is 5.01. The van der Waals surface area contributed by atoms with Crippen LogP contribution in [0.5, 0.6) is 0 Å². The molecule has 2 rings (SSSR count). The highest BCUT2D eigenvalue weighted by molar-refractivity contribution is 4.96. The van der Waals surface area contributed by atoms with Crippen LogP contribution >= 0.6 is 0 Å². The van der Waals surface area contributed by atoms with Crippen LogP contribution in [-0.2, 0) is 0 Å². The summed E-state index contributed by atoms with van der Waals surface area (Å²) in [6.07, 6.45) is 1.48. The van der Waals surface area contributed by atoms with E-state index >= 15 is 0 Å². The van der Waals surface area contributed by atoms with E-state index in [9.17, 15) is 0 Å². The molecule has 0 bridgehead atoms. The summed E-state index contributed by atoms with van der Waals surface area (Å²) in [6, 6.07) is 0. The molecule has 2 atom stereocenters. The molecule has 46 valence electrons. The summed E-state index contributed by atoms with van der Waals surface area (Å²) in [5, 5.41) is 0. The Morgan fingerprint density at radius 2 is 2.00 bits per heavy atom. The summed E-state index contributed by atoms with van der Waals surface area (Å²) < 4.78 is 0. The lowest BCUT2D eigenvalue weighted by Crippen LogP contribution is -2.28. The monoisotopic (exact) mass is 112 g/mol. The molecule has 0 aromatic heterocycles. The van der Waals surface area contributed by atoms with Crippen LogP contribution in [0.1, 0.15) is 6.42 Å². The molecule has 2 nitrogen and oxygen atoms in total. The lowest BCUT2D eigenvalue weighted by molar-refractivity contribution is 0.314. The maximum atomic E-state index is 5.44. The fourth-order valence-electron chi connectivity index (χ4n) is 1.64. The fraction of sp³-hybridized carbons (Fsp3) is 1.00. The molecule has 8 heavy (non-hydrogen) atoms. The van der Waals surface area contributed by atoms with E-state index in [0.29, 0.717) is 0 Å². The lowest BCUT2D eigenvalue weighted by Gasteiger charge is -2.12. The first kappa shape index (κ1) is 4.77. The van der Waals surface area contributed by atoms with E-state index in [1.54, 1.807) is 0 Å². The van der Waals surface area contributed by atoms with Gasteiger partial charge in [0, 0.05) is 19.8 Å². The molecule has 1 saturated carbocycles. The van der Waals surface area contributed by atoms with Crippen LogP contribution in [0.4, 0.5) is 0 Å². The first-order chi connectivity index (χ1) is 3.90. The van der Waals surface area contributed by atoms with Crippen LogP contribution < -0.4 is 5.73 Å². The minimum absolute atomic E-state index is 0.771. The number of piperidine rings is 1. The van der Waals surface area contributed by atoms with Crippen molar-refractivity contribution in [3.8, 4) is 0 Å². The number of hydrogen-bond acceptors (Lipinski definition) is 2. The van der Waals surface area contributed by atoms with Crippen LogP contribution in [-0.4, -0.2) is 24.7 Å². The second kappa shape index (κ2) is 1.45. The highest BCUT2D eigenvalue weighted by atomic mass is 15.2. The van der Waals surface area contributed by atoms with Gasteiger partial charge < -0.3 is 5.73 Å². The van der Waals surface area contributed by atoms with Gasteiger partial charge in [0.25, 0.3) is 0 Å². The second-order valence-electron chi connectivity index (χ2n) is 2.97. The summed E-state index contributed by atoms with van der Waals surface area (Å²) in [4.78, 5) is 2.33. The molecular formula is C6H12N2. The predicted octanol–water partition coefficient (Wildman–Crippen LogP) is -0.146. The standard InChI is InChI=1S/C6H12N2/c7-4-8-2-5-1-6(5)3-8/h5-6H,1-4,7H2. The number of nitrogens with zero attached hydrogens (tertiary/aromatic N) is 1. The van der Waals surface area contributed by atoms with Crippen molar-refractivity contribution in [2.45, 2.75) is 6.42 Å². The number of hydrogen-bond donors (Lipinski definition) is 1. The quantitative estimate of drug-likeness (QED) is 0.511. The summed E-state index contributed by atoms with van der Waals surface area (Å²) in [6.45, 7) is 3.33. The lowest BCUT2D eigenvalue weighted by atomic mass is 10.4. The molecule has 0 spiro atoms. The summed E-state index contributed by atoms with van der Waals surface area (Å²) in [5.41, 5.74) is 5.44. The Balaban J connectivity index is 1.89. The highest BCUT2D eigenvalue weighted by Crippen LogP contribution is 2.44. The molecule has 0 radical (unpaired) electrons. The van der Waals surface area contributed by atoms with E-state index in [0.717, 1.165) is 18.5 Å². The largest absolute Gasteiger partial charge is 0.318 e. The summed E-state index contributed by atoms with van der Waals surface area (Å²) in [7, 11) is 0. The van der Waals surface area contributed by atoms with E-state index in [-0.39, 0.29) is 0 Å². The molecule has 1 saturated heterocycles. The van der Waals surface area contributed by atoms with Gasteiger partial charge in [-0.1, -0.05) is 0 Å². The van der Waals surface area contributed by atoms with E-state index in [4.69, 9.17) is 5.73 Å². The summed E-state index contributed by atoms with van der Waals surface area (Å²) >= 11 is 0. The molecule has 2 unspecified atom stereocenters. The van der Waals surface area contributed by atoms with Crippen LogP contribution in [0, 0.1) is 11.8 Å². The van der Waals surface area contributed by atoms with Gasteiger partial charge in [-0.05, 0) is 18.3 Å². The molecule has 0 aromatic rings. The van der Waals surface area contributed by atoms with Gasteiger partial charge in [0.05, 0.1) is 0 Å². The highest BCUT2D eigenvalue weighted by Gasteiger charge is 2.44. The molecule has 0 amide bonds. The first-order valence-electron chi connectivity index (χ1n) is 3.32. The number of rotatable bonds is 1. The van der Waals surface area contributed by atoms with Gasteiger partial charge in [0.2, 0.25) is 0 Å². The van der Waals surface area contributed by atoms with E-state index < -0.39 is 0 Å². The Labute approximate surface area is 49.7 Å². The van der Waals surface area contributed by atoms with Crippen molar-refractivity contribution in [3.05, 3.63) is 0 Å². The third kappa shape index (κ3) is 0.565. The SMILES string of the molecule is NCN1CC2CC2C1. The van der Waals surface area contributed by atoms with Crippen molar-refractivity contribution in [1.82, 2.24) is 4.90 Å². The van der Waals surface area contributed by atoms with Crippen molar-refractivity contribution >= 4 is 0 Å². The van der Waals surface area contributed by atoms with Crippen LogP contribution in [0.25, 0.3) is 0 Å². The van der Waals surface area contributed by atoms with Crippen molar-refractivity contribution in [2.24, 2.45) is 17.6 Å². The van der Waals surface area contributed by atoms with Gasteiger partial charge in [-0.15, -0.1) is 0 Å². The third-order valence-corrected chi connectivity index (χ3v) is 2.31. The average molecular weight is 112 g/mol. The smallest absolute Gasteiger partial charge is 0.0455 e. The Bertz CT molecular complexity index is 92.7. The van der Waals surface area contributed by atoms with E-state index in [2.05, 4.69) is 4.90 Å². The zero-order valence-electron chi connectivity index (χ0n) is 5.01. The average Bonchev–Trinajstić information content (AvgIpc) is 2.40. The minimum Gasteiger partial charge on any atom is -0.318 e. The number of likely N-dealkylation sites (tertiary alicyclic amines) is 1. The van der Waals surface area contributed by atoms with Gasteiger partial charge in [-0.2, -0.15) is 0 Å². The van der Waals surface area contributed by atoms with E-state index in [1.807, 2.05) is 0 Å². The molecular weight excluding hydrogens is 100 g/mol. The Hall–Kier alpha value is -0.0800.